The van der Waals surface area contributed by atoms with Crippen molar-refractivity contribution in [2.45, 2.75) is 30.6 Å². The lowest BCUT2D eigenvalue weighted by molar-refractivity contribution is 0.280. The summed E-state index contributed by atoms with van der Waals surface area (Å²) < 4.78 is 26.8. The number of nitrogen functional groups attached to an aromatic ring is 1. The molecule has 0 aromatic carbocycles. The van der Waals surface area contributed by atoms with Gasteiger partial charge in [0.25, 0.3) is 0 Å². The molecule has 2 bridgehead atoms. The predicted molar refractivity (Wildman–Crippen MR) is 80.8 cm³/mol. The SMILES string of the molecule is CN(CC1CC2CCC1C2)S(=O)(=O)c1cccnc1NN. The highest BCUT2D eigenvalue weighted by Crippen LogP contribution is 2.48. The number of anilines is 1. The second-order valence-electron chi connectivity index (χ2n) is 6.21. The van der Waals surface area contributed by atoms with Gasteiger partial charge >= 0.3 is 0 Å². The Labute approximate surface area is 125 Å². The Balaban J connectivity index is 1.78. The molecule has 2 fully saturated rings. The maximum absolute atomic E-state index is 12.7. The highest BCUT2D eigenvalue weighted by molar-refractivity contribution is 7.89. The maximum atomic E-state index is 12.7. The number of nitrogens with zero attached hydrogens (tertiary/aromatic N) is 2. The van der Waals surface area contributed by atoms with Crippen LogP contribution in [0.25, 0.3) is 0 Å². The van der Waals surface area contributed by atoms with Crippen molar-refractivity contribution >= 4 is 15.8 Å². The Bertz CT molecular complexity index is 619. The van der Waals surface area contributed by atoms with Crippen molar-refractivity contribution in [1.82, 2.24) is 9.29 Å². The third-order valence-corrected chi connectivity index (χ3v) is 6.83. The number of hydrazine groups is 1. The molecular formula is C14H22N4O2S. The highest BCUT2D eigenvalue weighted by Gasteiger charge is 2.41. The van der Waals surface area contributed by atoms with Crippen molar-refractivity contribution in [1.29, 1.82) is 0 Å². The molecule has 0 saturated heterocycles. The third-order valence-electron chi connectivity index (χ3n) is 4.97. The summed E-state index contributed by atoms with van der Waals surface area (Å²) in [7, 11) is -1.91. The van der Waals surface area contributed by atoms with Gasteiger partial charge in [0.1, 0.15) is 4.90 Å². The van der Waals surface area contributed by atoms with E-state index in [0.717, 1.165) is 5.92 Å². The first-order valence-corrected chi connectivity index (χ1v) is 8.84. The molecular weight excluding hydrogens is 288 g/mol. The van der Waals surface area contributed by atoms with E-state index in [9.17, 15) is 8.42 Å². The van der Waals surface area contributed by atoms with E-state index < -0.39 is 10.0 Å². The number of rotatable bonds is 5. The van der Waals surface area contributed by atoms with E-state index in [1.807, 2.05) is 0 Å². The molecule has 2 aliphatic rings. The zero-order chi connectivity index (χ0) is 15.0. The van der Waals surface area contributed by atoms with E-state index in [1.165, 1.54) is 42.3 Å². The lowest BCUT2D eigenvalue weighted by Gasteiger charge is -2.27. The smallest absolute Gasteiger partial charge is 0.246 e. The second-order valence-corrected chi connectivity index (χ2v) is 8.23. The fourth-order valence-electron chi connectivity index (χ4n) is 3.90. The third kappa shape index (κ3) is 2.65. The first-order valence-electron chi connectivity index (χ1n) is 7.40. The quantitative estimate of drug-likeness (QED) is 0.634. The van der Waals surface area contributed by atoms with Crippen LogP contribution in [0.3, 0.4) is 0 Å². The van der Waals surface area contributed by atoms with Crippen LogP contribution in [0.4, 0.5) is 5.82 Å². The van der Waals surface area contributed by atoms with Gasteiger partial charge in [0.05, 0.1) is 0 Å². The molecule has 1 aromatic rings. The van der Waals surface area contributed by atoms with Gasteiger partial charge in [-0.1, -0.05) is 6.42 Å². The van der Waals surface area contributed by atoms with Crippen LogP contribution in [0.5, 0.6) is 0 Å². The van der Waals surface area contributed by atoms with Crippen LogP contribution in [0.1, 0.15) is 25.7 Å². The first-order chi connectivity index (χ1) is 10.0. The van der Waals surface area contributed by atoms with Crippen LogP contribution >= 0.6 is 0 Å². The minimum absolute atomic E-state index is 0.137. The highest BCUT2D eigenvalue weighted by atomic mass is 32.2. The predicted octanol–water partition coefficient (Wildman–Crippen LogP) is 1.42. The Morgan fingerprint density at radius 3 is 2.86 bits per heavy atom. The van der Waals surface area contributed by atoms with Gasteiger partial charge in [0.2, 0.25) is 10.0 Å². The summed E-state index contributed by atoms with van der Waals surface area (Å²) in [6, 6.07) is 3.15. The molecule has 21 heavy (non-hydrogen) atoms. The minimum atomic E-state index is -3.56. The Morgan fingerprint density at radius 2 is 2.24 bits per heavy atom. The van der Waals surface area contributed by atoms with E-state index >= 15 is 0 Å². The van der Waals surface area contributed by atoms with Gasteiger partial charge < -0.3 is 5.43 Å². The topological polar surface area (TPSA) is 88.3 Å². The summed E-state index contributed by atoms with van der Waals surface area (Å²) in [5.41, 5.74) is 2.36. The van der Waals surface area contributed by atoms with Gasteiger partial charge in [-0.15, -0.1) is 0 Å². The molecule has 116 valence electrons. The van der Waals surface area contributed by atoms with Gasteiger partial charge in [-0.2, -0.15) is 0 Å². The lowest BCUT2D eigenvalue weighted by atomic mass is 9.89. The van der Waals surface area contributed by atoms with E-state index in [-0.39, 0.29) is 10.7 Å². The van der Waals surface area contributed by atoms with Gasteiger partial charge in [0.15, 0.2) is 5.82 Å². The molecule has 1 aromatic heterocycles. The number of fused-ring (bicyclic) bond motifs is 2. The molecule has 2 aliphatic carbocycles. The van der Waals surface area contributed by atoms with E-state index in [4.69, 9.17) is 5.84 Å². The molecule has 6 nitrogen and oxygen atoms in total. The van der Waals surface area contributed by atoms with E-state index in [1.54, 1.807) is 13.1 Å². The maximum Gasteiger partial charge on any atom is 0.246 e. The van der Waals surface area contributed by atoms with Crippen LogP contribution in [-0.4, -0.2) is 31.3 Å². The summed E-state index contributed by atoms with van der Waals surface area (Å²) in [6.45, 7) is 0.586. The molecule has 1 heterocycles. The summed E-state index contributed by atoms with van der Waals surface area (Å²) >= 11 is 0. The molecule has 0 amide bonds. The summed E-state index contributed by atoms with van der Waals surface area (Å²) in [6.07, 6.45) is 6.54. The largest absolute Gasteiger partial charge is 0.307 e. The monoisotopic (exact) mass is 310 g/mol. The number of hydrogen-bond donors (Lipinski definition) is 2. The first kappa shape index (κ1) is 14.7. The van der Waals surface area contributed by atoms with E-state index in [2.05, 4.69) is 10.4 Å². The molecule has 0 spiro atoms. The number of pyridine rings is 1. The molecule has 3 N–H and O–H groups in total. The lowest BCUT2D eigenvalue weighted by Crippen LogP contribution is -2.34. The van der Waals surface area contributed by atoms with Crippen molar-refractivity contribution in [2.24, 2.45) is 23.6 Å². The van der Waals surface area contributed by atoms with Crippen LogP contribution in [0.15, 0.2) is 23.2 Å². The van der Waals surface area contributed by atoms with Crippen LogP contribution in [0, 0.1) is 17.8 Å². The summed E-state index contributed by atoms with van der Waals surface area (Å²) in [5, 5.41) is 0. The Morgan fingerprint density at radius 1 is 1.43 bits per heavy atom. The van der Waals surface area contributed by atoms with Crippen molar-refractivity contribution in [3.63, 3.8) is 0 Å². The average molecular weight is 310 g/mol. The average Bonchev–Trinajstić information content (AvgIpc) is 3.09. The standard InChI is InChI=1S/C14H22N4O2S/c1-18(9-12-8-10-4-5-11(12)7-10)21(19,20)13-3-2-6-16-14(13)17-15/h2-3,6,10-12H,4-5,7-9,15H2,1H3,(H,16,17). The molecule has 0 radical (unpaired) electrons. The molecule has 2 saturated carbocycles. The van der Waals surface area contributed by atoms with Crippen molar-refractivity contribution in [3.8, 4) is 0 Å². The summed E-state index contributed by atoms with van der Waals surface area (Å²) in [5.74, 6) is 7.57. The number of nitrogens with one attached hydrogen (secondary N) is 1. The molecule has 3 unspecified atom stereocenters. The molecule has 3 atom stereocenters. The molecule has 0 aliphatic heterocycles. The normalized spacial score (nSPS) is 28.2. The van der Waals surface area contributed by atoms with Crippen molar-refractivity contribution < 1.29 is 8.42 Å². The van der Waals surface area contributed by atoms with Gasteiger partial charge in [-0.05, 0) is 49.1 Å². The fourth-order valence-corrected chi connectivity index (χ4v) is 5.23. The second kappa shape index (κ2) is 5.55. The van der Waals surface area contributed by atoms with Gasteiger partial charge in [-0.3, -0.25) is 0 Å². The number of hydrogen-bond acceptors (Lipinski definition) is 5. The van der Waals surface area contributed by atoms with Crippen LogP contribution in [0.2, 0.25) is 0 Å². The number of aromatic nitrogens is 1. The molecule has 7 heteroatoms. The Kier molecular flexibility index (Phi) is 3.90. The molecule has 3 rings (SSSR count). The number of sulfonamides is 1. The van der Waals surface area contributed by atoms with Crippen molar-refractivity contribution in [3.05, 3.63) is 18.3 Å². The summed E-state index contributed by atoms with van der Waals surface area (Å²) in [4.78, 5) is 4.11. The van der Waals surface area contributed by atoms with Crippen LogP contribution in [-0.2, 0) is 10.0 Å². The van der Waals surface area contributed by atoms with Crippen molar-refractivity contribution in [2.75, 3.05) is 19.0 Å². The van der Waals surface area contributed by atoms with Crippen LogP contribution < -0.4 is 11.3 Å². The zero-order valence-electron chi connectivity index (χ0n) is 12.2. The van der Waals surface area contributed by atoms with E-state index in [0.29, 0.717) is 18.4 Å². The van der Waals surface area contributed by atoms with Gasteiger partial charge in [-0.25, -0.2) is 23.5 Å². The number of nitrogens with two attached hydrogens (primary N) is 1. The Hall–Kier alpha value is -1.18. The fraction of sp³-hybridized carbons (Fsp3) is 0.643. The van der Waals surface area contributed by atoms with Gasteiger partial charge in [0, 0.05) is 19.8 Å². The zero-order valence-corrected chi connectivity index (χ0v) is 13.0. The minimum Gasteiger partial charge on any atom is -0.307 e.